The van der Waals surface area contributed by atoms with Crippen LogP contribution in [0.1, 0.15) is 24.9 Å². The molecule has 0 aromatic heterocycles. The Hall–Kier alpha value is -0.260. The minimum absolute atomic E-state index is 0.0663. The van der Waals surface area contributed by atoms with Gasteiger partial charge in [0.25, 0.3) is 0 Å². The predicted molar refractivity (Wildman–Crippen MR) is 80.9 cm³/mol. The van der Waals surface area contributed by atoms with Crippen LogP contribution in [0.25, 0.3) is 0 Å². The first kappa shape index (κ1) is 15.1. The van der Waals surface area contributed by atoms with E-state index in [-0.39, 0.29) is 6.04 Å². The lowest BCUT2D eigenvalue weighted by atomic mass is 9.99. The molecule has 1 aliphatic rings. The summed E-state index contributed by atoms with van der Waals surface area (Å²) < 4.78 is 27.0. The van der Waals surface area contributed by atoms with Gasteiger partial charge >= 0.3 is 0 Å². The summed E-state index contributed by atoms with van der Waals surface area (Å²) in [6.45, 7) is 2.17. The average molecular weight is 303 g/mol. The topological polar surface area (TPSA) is 12.0 Å². The van der Waals surface area contributed by atoms with E-state index in [2.05, 4.69) is 12.2 Å². The second-order valence-corrected chi connectivity index (χ2v) is 7.22. The molecule has 1 aliphatic heterocycles. The van der Waals surface area contributed by atoms with Crippen LogP contribution in [-0.2, 0) is 0 Å². The second-order valence-electron chi connectivity index (χ2n) is 4.59. The van der Waals surface area contributed by atoms with Gasteiger partial charge in [0, 0.05) is 39.7 Å². The van der Waals surface area contributed by atoms with Gasteiger partial charge in [-0.1, -0.05) is 13.0 Å². The van der Waals surface area contributed by atoms with Gasteiger partial charge in [-0.05, 0) is 19.5 Å². The first-order valence-electron chi connectivity index (χ1n) is 6.52. The van der Waals surface area contributed by atoms with Crippen LogP contribution in [0.5, 0.6) is 0 Å². The van der Waals surface area contributed by atoms with Gasteiger partial charge in [-0.2, -0.15) is 23.5 Å². The van der Waals surface area contributed by atoms with Gasteiger partial charge in [-0.15, -0.1) is 0 Å². The minimum atomic E-state index is -0.520. The molecular formula is C14H19F2NS2. The second kappa shape index (κ2) is 6.95. The number of rotatable bonds is 4. The molecule has 1 N–H and O–H groups in total. The Labute approximate surface area is 121 Å². The Morgan fingerprint density at radius 3 is 2.68 bits per heavy atom. The Bertz CT molecular complexity index is 428. The standard InChI is InChI=1S/C14H19F2NS2/c1-3-12-14(19-7-6-18-12)13(17-2)10-5-4-9(15)8-11(10)16/h4-5,8,12-14,17H,3,6-7H2,1-2H3. The summed E-state index contributed by atoms with van der Waals surface area (Å²) in [6, 6.07) is 3.81. The summed E-state index contributed by atoms with van der Waals surface area (Å²) in [4.78, 5) is 0. The van der Waals surface area contributed by atoms with Gasteiger partial charge in [0.05, 0.1) is 0 Å². The maximum atomic E-state index is 14.0. The molecule has 1 fully saturated rings. The van der Waals surface area contributed by atoms with Gasteiger partial charge in [0.2, 0.25) is 0 Å². The fraction of sp³-hybridized carbons (Fsp3) is 0.571. The van der Waals surface area contributed by atoms with Gasteiger partial charge in [-0.3, -0.25) is 0 Å². The normalized spacial score (nSPS) is 25.3. The molecule has 1 aromatic rings. The van der Waals surface area contributed by atoms with Crippen LogP contribution in [0.4, 0.5) is 8.78 Å². The number of benzene rings is 1. The van der Waals surface area contributed by atoms with Crippen molar-refractivity contribution >= 4 is 23.5 Å². The van der Waals surface area contributed by atoms with Gasteiger partial charge < -0.3 is 5.32 Å². The third kappa shape index (κ3) is 3.44. The molecule has 0 aliphatic carbocycles. The smallest absolute Gasteiger partial charge is 0.130 e. The summed E-state index contributed by atoms with van der Waals surface area (Å²) in [5.74, 6) is 1.27. The van der Waals surface area contributed by atoms with Crippen LogP contribution in [0.15, 0.2) is 18.2 Å². The quantitative estimate of drug-likeness (QED) is 0.907. The molecule has 0 spiro atoms. The third-order valence-electron chi connectivity index (χ3n) is 3.43. The first-order chi connectivity index (χ1) is 9.17. The lowest BCUT2D eigenvalue weighted by Crippen LogP contribution is -2.37. The number of halogens is 2. The van der Waals surface area contributed by atoms with E-state index in [4.69, 9.17) is 0 Å². The Morgan fingerprint density at radius 1 is 1.32 bits per heavy atom. The first-order valence-corrected chi connectivity index (χ1v) is 8.62. The van der Waals surface area contributed by atoms with Crippen molar-refractivity contribution in [3.8, 4) is 0 Å². The van der Waals surface area contributed by atoms with Crippen LogP contribution in [0.3, 0.4) is 0 Å². The average Bonchev–Trinajstić information content (AvgIpc) is 2.42. The van der Waals surface area contributed by atoms with Crippen molar-refractivity contribution < 1.29 is 8.78 Å². The van der Waals surface area contributed by atoms with Gasteiger partial charge in [0.1, 0.15) is 11.6 Å². The van der Waals surface area contributed by atoms with E-state index in [0.29, 0.717) is 16.1 Å². The lowest BCUT2D eigenvalue weighted by Gasteiger charge is -2.36. The summed E-state index contributed by atoms with van der Waals surface area (Å²) in [5, 5.41) is 4.06. The summed E-state index contributed by atoms with van der Waals surface area (Å²) in [5.41, 5.74) is 0.572. The predicted octanol–water partition coefficient (Wildman–Crippen LogP) is 3.85. The SMILES string of the molecule is CCC1SCCSC1C(NC)c1ccc(F)cc1F. The zero-order chi connectivity index (χ0) is 13.8. The van der Waals surface area contributed by atoms with Crippen molar-refractivity contribution in [3.63, 3.8) is 0 Å². The van der Waals surface area contributed by atoms with E-state index >= 15 is 0 Å². The van der Waals surface area contributed by atoms with Crippen LogP contribution in [0, 0.1) is 11.6 Å². The molecular weight excluding hydrogens is 284 g/mol. The van der Waals surface area contributed by atoms with Crippen LogP contribution in [-0.4, -0.2) is 29.1 Å². The molecule has 0 radical (unpaired) electrons. The largest absolute Gasteiger partial charge is 0.312 e. The van der Waals surface area contributed by atoms with Crippen molar-refractivity contribution in [1.29, 1.82) is 0 Å². The number of nitrogens with one attached hydrogen (secondary N) is 1. The molecule has 3 unspecified atom stereocenters. The molecule has 1 aromatic carbocycles. The highest BCUT2D eigenvalue weighted by Gasteiger charge is 2.33. The number of thioether (sulfide) groups is 2. The Balaban J connectivity index is 2.27. The summed E-state index contributed by atoms with van der Waals surface area (Å²) in [6.07, 6.45) is 1.07. The van der Waals surface area contributed by atoms with E-state index in [0.717, 1.165) is 24.0 Å². The van der Waals surface area contributed by atoms with E-state index in [1.165, 1.54) is 6.07 Å². The van der Waals surface area contributed by atoms with Crippen LogP contribution < -0.4 is 5.32 Å². The van der Waals surface area contributed by atoms with E-state index < -0.39 is 11.6 Å². The Morgan fingerprint density at radius 2 is 2.05 bits per heavy atom. The van der Waals surface area contributed by atoms with E-state index in [1.807, 2.05) is 30.6 Å². The molecule has 0 saturated carbocycles. The molecule has 1 nitrogen and oxygen atoms in total. The zero-order valence-corrected chi connectivity index (χ0v) is 12.8. The molecule has 0 bridgehead atoms. The maximum absolute atomic E-state index is 14.0. The molecule has 5 heteroatoms. The fourth-order valence-corrected chi connectivity index (χ4v) is 5.78. The monoisotopic (exact) mass is 303 g/mol. The zero-order valence-electron chi connectivity index (χ0n) is 11.2. The van der Waals surface area contributed by atoms with Crippen molar-refractivity contribution in [2.24, 2.45) is 0 Å². The molecule has 1 saturated heterocycles. The highest BCUT2D eigenvalue weighted by molar-refractivity contribution is 8.07. The van der Waals surface area contributed by atoms with Crippen molar-refractivity contribution in [2.75, 3.05) is 18.6 Å². The molecule has 0 amide bonds. The van der Waals surface area contributed by atoms with Crippen LogP contribution in [0.2, 0.25) is 0 Å². The van der Waals surface area contributed by atoms with Gasteiger partial charge in [-0.25, -0.2) is 8.78 Å². The highest BCUT2D eigenvalue weighted by Crippen LogP contribution is 2.40. The van der Waals surface area contributed by atoms with Crippen molar-refractivity contribution in [1.82, 2.24) is 5.32 Å². The number of hydrogen-bond acceptors (Lipinski definition) is 3. The maximum Gasteiger partial charge on any atom is 0.130 e. The number of hydrogen-bond donors (Lipinski definition) is 1. The minimum Gasteiger partial charge on any atom is -0.312 e. The van der Waals surface area contributed by atoms with Crippen LogP contribution >= 0.6 is 23.5 Å². The summed E-state index contributed by atoms with van der Waals surface area (Å²) >= 11 is 3.85. The molecule has 2 rings (SSSR count). The summed E-state index contributed by atoms with van der Waals surface area (Å²) in [7, 11) is 1.85. The van der Waals surface area contributed by atoms with Gasteiger partial charge in [0.15, 0.2) is 0 Å². The molecule has 106 valence electrons. The fourth-order valence-electron chi connectivity index (χ4n) is 2.50. The third-order valence-corrected chi connectivity index (χ3v) is 6.78. The van der Waals surface area contributed by atoms with E-state index in [1.54, 1.807) is 6.07 Å². The van der Waals surface area contributed by atoms with Crippen molar-refractivity contribution in [3.05, 3.63) is 35.4 Å². The molecule has 19 heavy (non-hydrogen) atoms. The van der Waals surface area contributed by atoms with E-state index in [9.17, 15) is 8.78 Å². The molecule has 1 heterocycles. The highest BCUT2D eigenvalue weighted by atomic mass is 32.2. The Kier molecular flexibility index (Phi) is 5.54. The van der Waals surface area contributed by atoms with Crippen molar-refractivity contribution in [2.45, 2.75) is 29.9 Å². The molecule has 3 atom stereocenters. The lowest BCUT2D eigenvalue weighted by molar-refractivity contribution is 0.499.